The molecule has 0 aliphatic rings. The predicted octanol–water partition coefficient (Wildman–Crippen LogP) is 6.04. The minimum atomic E-state index is -0.559. The lowest BCUT2D eigenvalue weighted by Gasteiger charge is -2.08. The molecule has 3 heterocycles. The van der Waals surface area contributed by atoms with Crippen molar-refractivity contribution in [3.8, 4) is 28.4 Å². The quantitative estimate of drug-likeness (QED) is 0.131. The summed E-state index contributed by atoms with van der Waals surface area (Å²) >= 11 is 1.91. The molecule has 3 aromatic heterocycles. The number of esters is 1. The van der Waals surface area contributed by atoms with Crippen molar-refractivity contribution in [2.45, 2.75) is 13.3 Å². The summed E-state index contributed by atoms with van der Waals surface area (Å²) in [5.41, 5.74) is 5.82. The maximum absolute atomic E-state index is 14.3. The van der Waals surface area contributed by atoms with E-state index in [0.29, 0.717) is 12.2 Å². The van der Waals surface area contributed by atoms with Crippen LogP contribution in [0, 0.1) is 12.7 Å². The van der Waals surface area contributed by atoms with E-state index >= 15 is 0 Å². The van der Waals surface area contributed by atoms with Gasteiger partial charge in [-0.3, -0.25) is 9.97 Å². The third-order valence-electron chi connectivity index (χ3n) is 5.70. The van der Waals surface area contributed by atoms with Crippen LogP contribution in [0.4, 0.5) is 4.39 Å². The number of H-pyrrole nitrogens is 1. The van der Waals surface area contributed by atoms with E-state index in [-0.39, 0.29) is 17.0 Å². The maximum Gasteiger partial charge on any atom is 0.344 e. The Labute approximate surface area is 226 Å². The van der Waals surface area contributed by atoms with Gasteiger partial charge in [0.1, 0.15) is 10.4 Å². The van der Waals surface area contributed by atoms with E-state index in [1.807, 2.05) is 72.0 Å². The van der Waals surface area contributed by atoms with E-state index in [2.05, 4.69) is 16.0 Å². The van der Waals surface area contributed by atoms with Gasteiger partial charge in [-0.05, 0) is 77.5 Å². The lowest BCUT2D eigenvalue weighted by Crippen LogP contribution is -2.14. The van der Waals surface area contributed by atoms with Crippen LogP contribution >= 0.6 is 22.6 Å². The summed E-state index contributed by atoms with van der Waals surface area (Å²) in [6.07, 6.45) is 2.16. The number of alkyl halides is 1. The van der Waals surface area contributed by atoms with Crippen LogP contribution in [0.5, 0.6) is 5.75 Å². The number of fused-ring (bicyclic) bond motifs is 1. The molecule has 7 nitrogen and oxygen atoms in total. The van der Waals surface area contributed by atoms with Crippen molar-refractivity contribution in [1.29, 1.82) is 0 Å². The first-order valence-corrected chi connectivity index (χ1v) is 13.0. The molecule has 0 aliphatic heterocycles. The number of aryl methyl sites for hydroxylation is 1. The van der Waals surface area contributed by atoms with Gasteiger partial charge in [-0.2, -0.15) is 0 Å². The van der Waals surface area contributed by atoms with Crippen molar-refractivity contribution in [2.24, 2.45) is 0 Å². The minimum Gasteiger partial charge on any atom is -0.479 e. The summed E-state index contributed by atoms with van der Waals surface area (Å²) < 4.78 is 24.7. The molecule has 9 heteroatoms. The molecule has 0 saturated heterocycles. The summed E-state index contributed by atoms with van der Waals surface area (Å²) in [6, 6.07) is 20.3. The molecule has 0 aliphatic carbocycles. The first-order chi connectivity index (χ1) is 18.0. The number of carbonyl (C=O) groups excluding carboxylic acids is 1. The number of hydrogen-bond donors (Lipinski definition) is 1. The van der Waals surface area contributed by atoms with Gasteiger partial charge in [0.25, 0.3) is 0 Å². The monoisotopic (exact) mass is 608 g/mol. The smallest absolute Gasteiger partial charge is 0.344 e. The summed E-state index contributed by atoms with van der Waals surface area (Å²) in [6.45, 7) is 1.58. The minimum absolute atomic E-state index is 0.0164. The van der Waals surface area contributed by atoms with Crippen molar-refractivity contribution in [3.05, 3.63) is 95.8 Å². The lowest BCUT2D eigenvalue weighted by atomic mass is 10.1. The number of hydrogen-bond acceptors (Lipinski definition) is 6. The molecule has 186 valence electrons. The van der Waals surface area contributed by atoms with Gasteiger partial charge < -0.3 is 14.5 Å². The number of ether oxygens (including phenoxy) is 2. The summed E-state index contributed by atoms with van der Waals surface area (Å²) in [5.74, 6) is -0.449. The summed E-state index contributed by atoms with van der Waals surface area (Å²) in [5, 5.41) is 1.01. The molecule has 5 aromatic rings. The van der Waals surface area contributed by atoms with Crippen LogP contribution in [0.15, 0.2) is 72.9 Å². The number of pyridine rings is 2. The number of imidazole rings is 1. The van der Waals surface area contributed by atoms with E-state index in [0.717, 1.165) is 44.8 Å². The van der Waals surface area contributed by atoms with Crippen LogP contribution in [0.3, 0.4) is 0 Å². The number of benzene rings is 2. The van der Waals surface area contributed by atoms with Crippen molar-refractivity contribution < 1.29 is 18.7 Å². The van der Waals surface area contributed by atoms with Crippen molar-refractivity contribution in [2.75, 3.05) is 11.2 Å². The molecule has 0 unspecified atom stereocenters. The Morgan fingerprint density at radius 2 is 1.95 bits per heavy atom. The Kier molecular flexibility index (Phi) is 7.40. The van der Waals surface area contributed by atoms with Crippen LogP contribution in [0.2, 0.25) is 0 Å². The third-order valence-corrected chi connectivity index (χ3v) is 6.01. The van der Waals surface area contributed by atoms with Crippen LogP contribution < -0.4 is 4.74 Å². The van der Waals surface area contributed by atoms with E-state index in [1.54, 1.807) is 18.3 Å². The normalized spacial score (nSPS) is 11.0. The van der Waals surface area contributed by atoms with Crippen molar-refractivity contribution in [1.82, 2.24) is 19.9 Å². The van der Waals surface area contributed by atoms with E-state index in [4.69, 9.17) is 19.4 Å². The molecule has 0 fully saturated rings. The average Bonchev–Trinajstić information content (AvgIpc) is 3.32. The number of rotatable bonds is 8. The Bertz CT molecular complexity index is 1590. The highest BCUT2D eigenvalue weighted by molar-refractivity contribution is 14.1. The molecule has 37 heavy (non-hydrogen) atoms. The predicted molar refractivity (Wildman–Crippen MR) is 147 cm³/mol. The standard InChI is InChI=1S/C28H22FIN4O3/c1-17-4-2-6-23(32-17)28-27(20-8-10-22-19(14-20)5-3-11-31-22)33-25(34-28)13-18-7-9-21(29)24(12-18)36-15-26(35)37-16-30/h2-12,14H,13,15-16H2,1H3,(H,33,34). The number of aromatic nitrogens is 4. The molecule has 0 spiro atoms. The zero-order valence-corrected chi connectivity index (χ0v) is 22.0. The number of carbonyl (C=O) groups is 1. The summed E-state index contributed by atoms with van der Waals surface area (Å²) in [4.78, 5) is 29.1. The number of nitrogens with zero attached hydrogens (tertiary/aromatic N) is 3. The van der Waals surface area contributed by atoms with Gasteiger partial charge in [0, 0.05) is 29.3 Å². The largest absolute Gasteiger partial charge is 0.479 e. The first-order valence-electron chi connectivity index (χ1n) is 11.5. The average molecular weight is 608 g/mol. The van der Waals surface area contributed by atoms with E-state index in [1.165, 1.54) is 6.07 Å². The highest BCUT2D eigenvalue weighted by atomic mass is 127. The van der Waals surface area contributed by atoms with E-state index in [9.17, 15) is 9.18 Å². The van der Waals surface area contributed by atoms with Crippen molar-refractivity contribution >= 4 is 39.5 Å². The van der Waals surface area contributed by atoms with Crippen LogP contribution in [-0.4, -0.2) is 37.1 Å². The van der Waals surface area contributed by atoms with Crippen molar-refractivity contribution in [3.63, 3.8) is 0 Å². The number of halogens is 2. The second kappa shape index (κ2) is 11.0. The van der Waals surface area contributed by atoms with Crippen LogP contribution in [0.1, 0.15) is 17.1 Å². The maximum atomic E-state index is 14.3. The second-order valence-electron chi connectivity index (χ2n) is 8.34. The highest BCUT2D eigenvalue weighted by Gasteiger charge is 2.17. The third kappa shape index (κ3) is 5.77. The fraction of sp³-hybridized carbons (Fsp3) is 0.143. The van der Waals surface area contributed by atoms with Crippen LogP contribution in [0.25, 0.3) is 33.5 Å². The highest BCUT2D eigenvalue weighted by Crippen LogP contribution is 2.32. The molecule has 0 amide bonds. The topological polar surface area (TPSA) is 90.0 Å². The molecule has 5 rings (SSSR count). The molecule has 0 saturated carbocycles. The zero-order chi connectivity index (χ0) is 25.8. The SMILES string of the molecule is Cc1cccc(-c2[nH]c(Cc3ccc(F)c(OCC(=O)OCI)c3)nc2-c2ccc3ncccc3c2)n1. The fourth-order valence-electron chi connectivity index (χ4n) is 4.01. The molecule has 1 N–H and O–H groups in total. The van der Waals surface area contributed by atoms with Gasteiger partial charge in [-0.25, -0.2) is 14.2 Å². The Morgan fingerprint density at radius 1 is 1.05 bits per heavy atom. The Hall–Kier alpha value is -3.86. The molecular weight excluding hydrogens is 586 g/mol. The van der Waals surface area contributed by atoms with Gasteiger partial charge in [-0.15, -0.1) is 0 Å². The summed E-state index contributed by atoms with van der Waals surface area (Å²) in [7, 11) is 0. The first kappa shape index (κ1) is 24.8. The van der Waals surface area contributed by atoms with Gasteiger partial charge >= 0.3 is 5.97 Å². The molecule has 0 radical (unpaired) electrons. The molecular formula is C28H22FIN4O3. The van der Waals surface area contributed by atoms with Gasteiger partial charge in [0.15, 0.2) is 18.2 Å². The molecule has 0 bridgehead atoms. The molecule has 2 aromatic carbocycles. The fourth-order valence-corrected chi connectivity index (χ4v) is 4.35. The second-order valence-corrected chi connectivity index (χ2v) is 8.96. The van der Waals surface area contributed by atoms with Gasteiger partial charge in [0.05, 0.1) is 22.6 Å². The van der Waals surface area contributed by atoms with Gasteiger partial charge in [-0.1, -0.05) is 24.3 Å². The number of aromatic amines is 1. The zero-order valence-electron chi connectivity index (χ0n) is 19.9. The Balaban J connectivity index is 1.50. The van der Waals surface area contributed by atoms with Gasteiger partial charge in [0.2, 0.25) is 0 Å². The Morgan fingerprint density at radius 3 is 2.78 bits per heavy atom. The lowest BCUT2D eigenvalue weighted by molar-refractivity contribution is -0.143. The van der Waals surface area contributed by atoms with E-state index < -0.39 is 11.8 Å². The van der Waals surface area contributed by atoms with Crippen LogP contribution in [-0.2, 0) is 16.0 Å². The number of nitrogens with one attached hydrogen (secondary N) is 1. The molecule has 0 atom stereocenters.